The van der Waals surface area contributed by atoms with E-state index in [0.717, 1.165) is 0 Å². The van der Waals surface area contributed by atoms with Gasteiger partial charge in [-0.3, -0.25) is 0 Å². The van der Waals surface area contributed by atoms with Crippen LogP contribution in [0.4, 0.5) is 0 Å². The molecule has 0 nitrogen and oxygen atoms in total. The van der Waals surface area contributed by atoms with E-state index in [0.29, 0.717) is 16.8 Å². The minimum absolute atomic E-state index is 0.448. The molecule has 0 aliphatic heterocycles. The van der Waals surface area contributed by atoms with Gasteiger partial charge in [0.1, 0.15) is 0 Å². The molecular weight excluding hydrogens is 762 g/mol. The van der Waals surface area contributed by atoms with E-state index in [2.05, 4.69) is 55.4 Å². The molecule has 186 valence electrons. The third kappa shape index (κ3) is 12.7. The predicted molar refractivity (Wildman–Crippen MR) is 166 cm³/mol. The zero-order valence-electron chi connectivity index (χ0n) is 22.1. The molecule has 0 radical (unpaired) electrons. The zero-order chi connectivity index (χ0) is 25.1. The Kier molecular flexibility index (Phi) is 13.1. The molecule has 6 atom stereocenters. The van der Waals surface area contributed by atoms with Gasteiger partial charge in [0.15, 0.2) is 0 Å². The third-order valence-corrected chi connectivity index (χ3v) is 12.8. The van der Waals surface area contributed by atoms with Gasteiger partial charge in [-0.2, -0.15) is 0 Å². The monoisotopic (exact) mass is 814 g/mol. The molecule has 0 N–H and O–H groups in total. The van der Waals surface area contributed by atoms with Crippen molar-refractivity contribution in [3.05, 3.63) is 22.3 Å². The Hall–Kier alpha value is 2.57. The summed E-state index contributed by atoms with van der Waals surface area (Å²) in [4.78, 5) is 0. The van der Waals surface area contributed by atoms with E-state index in [4.69, 9.17) is 0 Å². The summed E-state index contributed by atoms with van der Waals surface area (Å²) in [7, 11) is 0. The van der Waals surface area contributed by atoms with Crippen LogP contribution in [0.2, 0.25) is 16.8 Å². The van der Waals surface area contributed by atoms with Crippen LogP contribution >= 0.6 is 0 Å². The molecule has 32 heavy (non-hydrogen) atoms. The average molecular weight is 814 g/mol. The molecule has 0 aliphatic rings. The molecule has 0 heterocycles. The van der Waals surface area contributed by atoms with E-state index in [-0.39, 0.29) is 0 Å². The maximum absolute atomic E-state index is 2.44. The Balaban J connectivity index is 3.67. The molecule has 1 rings (SSSR count). The van der Waals surface area contributed by atoms with Crippen LogP contribution < -0.4 is 8.70 Å². The molecule has 0 aliphatic carbocycles. The van der Waals surface area contributed by atoms with Crippen LogP contribution in [0, 0.1) is 0 Å². The Morgan fingerprint density at radius 3 is 0.781 bits per heavy atom. The van der Waals surface area contributed by atoms with Crippen LogP contribution in [0.5, 0.6) is 0 Å². The predicted octanol–water partition coefficient (Wildman–Crippen LogP) is 1.26. The topological polar surface area (TPSA) is 0 Å². The number of rotatable bonds is 12. The first-order valence-corrected chi connectivity index (χ1v) is 19.3. The van der Waals surface area contributed by atoms with E-state index < -0.39 is 0 Å². The molecule has 0 bridgehead atoms. The van der Waals surface area contributed by atoms with Crippen LogP contribution in [0.1, 0.15) is 103 Å². The second-order valence-corrected chi connectivity index (χ2v) is 28.2. The Morgan fingerprint density at radius 1 is 0.406 bits per heavy atom. The SMILES string of the molecule is CC(C)([AsH2])CCc1c([AsH2])c([AsH2])c(CCC(C)(C)[AsH2])c(CCC(C)(C)[AsH2])c1CCC(C)(C)[AsH2]. The molecule has 6 unspecified atom stereocenters. The normalized spacial score (nSPS) is 13.7. The minimum atomic E-state index is 0.448. The number of hydrogen-bond donors (Lipinski definition) is 0. The van der Waals surface area contributed by atoms with Gasteiger partial charge in [-0.15, -0.1) is 0 Å². The van der Waals surface area contributed by atoms with Crippen molar-refractivity contribution in [2.24, 2.45) is 0 Å². The van der Waals surface area contributed by atoms with Gasteiger partial charge in [0.25, 0.3) is 0 Å². The van der Waals surface area contributed by atoms with Crippen molar-refractivity contribution in [3.63, 3.8) is 0 Å². The van der Waals surface area contributed by atoms with Crippen LogP contribution in [0.25, 0.3) is 0 Å². The Labute approximate surface area is 252 Å². The van der Waals surface area contributed by atoms with Crippen molar-refractivity contribution < 1.29 is 0 Å². The first-order chi connectivity index (χ1) is 14.2. The average Bonchev–Trinajstić information content (AvgIpc) is 2.55. The standard InChI is InChI=1S/C26H52As6/c1-23(2,29)13-9-17-18(10-14-24(3,4)30)20(12-16-26(7,8)32)22(28)21(27)19(17)11-15-25(5,6)31/h9-16,27-32H2,1-8H3. The van der Waals surface area contributed by atoms with Crippen LogP contribution in [0.15, 0.2) is 0 Å². The van der Waals surface area contributed by atoms with Gasteiger partial charge < -0.3 is 0 Å². The number of hydrogen-bond acceptors (Lipinski definition) is 0. The quantitative estimate of drug-likeness (QED) is 0.280. The van der Waals surface area contributed by atoms with E-state index in [1.165, 1.54) is 51.4 Å². The molecular formula is C26H52As6. The zero-order valence-corrected chi connectivity index (χ0v) is 36.7. The van der Waals surface area contributed by atoms with E-state index in [1.807, 2.05) is 101 Å². The van der Waals surface area contributed by atoms with Crippen molar-refractivity contribution in [2.75, 3.05) is 0 Å². The van der Waals surface area contributed by atoms with Crippen molar-refractivity contribution in [2.45, 2.75) is 124 Å². The van der Waals surface area contributed by atoms with Crippen LogP contribution in [-0.2, 0) is 25.7 Å². The summed E-state index contributed by atoms with van der Waals surface area (Å²) in [5.41, 5.74) is 7.06. The third-order valence-electron chi connectivity index (χ3n) is 6.11. The van der Waals surface area contributed by atoms with E-state index in [9.17, 15) is 0 Å². The van der Waals surface area contributed by atoms with E-state index >= 15 is 0 Å². The second kappa shape index (κ2) is 12.9. The van der Waals surface area contributed by atoms with E-state index in [1.54, 1.807) is 31.0 Å². The molecule has 1 aromatic carbocycles. The fraction of sp³-hybridized carbons (Fsp3) is 0.769. The Bertz CT molecular complexity index is 690. The van der Waals surface area contributed by atoms with Gasteiger partial charge in [-0.1, -0.05) is 0 Å². The molecule has 0 spiro atoms. The summed E-state index contributed by atoms with van der Waals surface area (Å²) in [6, 6.07) is 0. The maximum atomic E-state index is 2.44. The van der Waals surface area contributed by atoms with Crippen molar-refractivity contribution in [1.82, 2.24) is 0 Å². The summed E-state index contributed by atoms with van der Waals surface area (Å²) >= 11 is 11.4. The van der Waals surface area contributed by atoms with Crippen LogP contribution in [-0.4, -0.2) is 101 Å². The summed E-state index contributed by atoms with van der Waals surface area (Å²) in [5.74, 6) is 0. The van der Waals surface area contributed by atoms with Crippen molar-refractivity contribution >= 4 is 110 Å². The molecule has 0 aromatic heterocycles. The number of benzene rings is 1. The van der Waals surface area contributed by atoms with Gasteiger partial charge in [-0.25, -0.2) is 0 Å². The Morgan fingerprint density at radius 2 is 0.594 bits per heavy atom. The van der Waals surface area contributed by atoms with Gasteiger partial charge in [0.2, 0.25) is 0 Å². The summed E-state index contributed by atoms with van der Waals surface area (Å²) in [6.07, 6.45) is 10.4. The molecule has 6 heteroatoms. The molecule has 0 saturated carbocycles. The van der Waals surface area contributed by atoms with Crippen LogP contribution in [0.3, 0.4) is 0 Å². The first kappa shape index (κ1) is 32.6. The summed E-state index contributed by atoms with van der Waals surface area (Å²) in [6.45, 7) is 19.5. The van der Waals surface area contributed by atoms with Crippen molar-refractivity contribution in [1.29, 1.82) is 0 Å². The van der Waals surface area contributed by atoms with Gasteiger partial charge in [0.05, 0.1) is 0 Å². The van der Waals surface area contributed by atoms with Gasteiger partial charge in [0, 0.05) is 0 Å². The molecule has 1 aromatic rings. The molecule has 0 amide bonds. The summed E-state index contributed by atoms with van der Waals surface area (Å²) in [5, 5.41) is 0. The first-order valence-electron chi connectivity index (χ1n) is 12.1. The fourth-order valence-corrected chi connectivity index (χ4v) is 7.26. The van der Waals surface area contributed by atoms with Gasteiger partial charge in [-0.05, 0) is 0 Å². The van der Waals surface area contributed by atoms with Crippen molar-refractivity contribution in [3.8, 4) is 0 Å². The van der Waals surface area contributed by atoms with Gasteiger partial charge >= 0.3 is 256 Å². The summed E-state index contributed by atoms with van der Waals surface area (Å²) < 4.78 is 5.20. The second-order valence-electron chi connectivity index (χ2n) is 12.7. The molecule has 0 fully saturated rings. The fourth-order valence-electron chi connectivity index (χ4n) is 3.98. The molecule has 0 saturated heterocycles.